The highest BCUT2D eigenvalue weighted by Crippen LogP contribution is 2.26. The fourth-order valence-electron chi connectivity index (χ4n) is 2.56. The normalized spacial score (nSPS) is 20.9. The molecule has 4 heteroatoms. The van der Waals surface area contributed by atoms with Crippen LogP contribution in [0.1, 0.15) is 18.4 Å². The second-order valence-corrected chi connectivity index (χ2v) is 5.80. The molecular formula is C14H20BrNO2. The van der Waals surface area contributed by atoms with Crippen LogP contribution in [0.15, 0.2) is 22.7 Å². The van der Waals surface area contributed by atoms with Gasteiger partial charge in [0, 0.05) is 29.7 Å². The number of methoxy groups -OCH3 is 1. The Morgan fingerprint density at radius 3 is 3.06 bits per heavy atom. The number of likely N-dealkylation sites (tertiary alicyclic amines) is 1. The summed E-state index contributed by atoms with van der Waals surface area (Å²) in [4.78, 5) is 2.40. The predicted molar refractivity (Wildman–Crippen MR) is 75.8 cm³/mol. The molecule has 2 rings (SSSR count). The van der Waals surface area contributed by atoms with Crippen molar-refractivity contribution in [1.82, 2.24) is 4.90 Å². The molecule has 1 N–H and O–H groups in total. The minimum Gasteiger partial charge on any atom is -0.496 e. The van der Waals surface area contributed by atoms with Crippen molar-refractivity contribution in [3.8, 4) is 5.75 Å². The van der Waals surface area contributed by atoms with E-state index in [2.05, 4.69) is 26.9 Å². The van der Waals surface area contributed by atoms with E-state index in [0.717, 1.165) is 36.3 Å². The van der Waals surface area contributed by atoms with E-state index in [1.54, 1.807) is 7.11 Å². The topological polar surface area (TPSA) is 32.7 Å². The first kappa shape index (κ1) is 13.8. The predicted octanol–water partition coefficient (Wildman–Crippen LogP) is 2.66. The van der Waals surface area contributed by atoms with Crippen LogP contribution >= 0.6 is 15.9 Å². The summed E-state index contributed by atoms with van der Waals surface area (Å²) in [7, 11) is 1.71. The lowest BCUT2D eigenvalue weighted by molar-refractivity contribution is 0.115. The Morgan fingerprint density at radius 2 is 2.33 bits per heavy atom. The van der Waals surface area contributed by atoms with Gasteiger partial charge in [-0.15, -0.1) is 0 Å². The van der Waals surface area contributed by atoms with Gasteiger partial charge in [0.25, 0.3) is 0 Å². The summed E-state index contributed by atoms with van der Waals surface area (Å²) < 4.78 is 6.48. The summed E-state index contributed by atoms with van der Waals surface area (Å²) in [5.74, 6) is 1.36. The molecule has 1 aromatic rings. The quantitative estimate of drug-likeness (QED) is 0.927. The largest absolute Gasteiger partial charge is 0.496 e. The maximum Gasteiger partial charge on any atom is 0.123 e. The maximum absolute atomic E-state index is 9.26. The van der Waals surface area contributed by atoms with Crippen molar-refractivity contribution in [2.75, 3.05) is 26.8 Å². The molecule has 1 saturated heterocycles. The van der Waals surface area contributed by atoms with E-state index >= 15 is 0 Å². The van der Waals surface area contributed by atoms with E-state index in [4.69, 9.17) is 4.74 Å². The van der Waals surface area contributed by atoms with E-state index in [-0.39, 0.29) is 0 Å². The Hall–Kier alpha value is -0.580. The van der Waals surface area contributed by atoms with Gasteiger partial charge in [-0.2, -0.15) is 0 Å². The Balaban J connectivity index is 2.06. The molecule has 0 unspecified atom stereocenters. The van der Waals surface area contributed by atoms with Crippen LogP contribution < -0.4 is 4.74 Å². The van der Waals surface area contributed by atoms with Crippen LogP contribution in [0.2, 0.25) is 0 Å². The first-order valence-corrected chi connectivity index (χ1v) is 7.18. The van der Waals surface area contributed by atoms with E-state index in [1.807, 2.05) is 12.1 Å². The lowest BCUT2D eigenvalue weighted by Crippen LogP contribution is -2.36. The molecule has 1 heterocycles. The Labute approximate surface area is 117 Å². The highest BCUT2D eigenvalue weighted by Gasteiger charge is 2.20. The second kappa shape index (κ2) is 6.55. The molecule has 1 atom stereocenters. The van der Waals surface area contributed by atoms with E-state index < -0.39 is 0 Å². The van der Waals surface area contributed by atoms with Gasteiger partial charge in [-0.25, -0.2) is 0 Å². The van der Waals surface area contributed by atoms with Crippen LogP contribution in [0.3, 0.4) is 0 Å². The third kappa shape index (κ3) is 3.46. The van der Waals surface area contributed by atoms with Crippen LogP contribution in [0.4, 0.5) is 0 Å². The number of aliphatic hydroxyl groups excluding tert-OH is 1. The van der Waals surface area contributed by atoms with Crippen molar-refractivity contribution < 1.29 is 9.84 Å². The van der Waals surface area contributed by atoms with Crippen molar-refractivity contribution >= 4 is 15.9 Å². The molecule has 0 aliphatic carbocycles. The fourth-order valence-corrected chi connectivity index (χ4v) is 2.96. The minimum absolute atomic E-state index is 0.298. The van der Waals surface area contributed by atoms with Gasteiger partial charge in [-0.3, -0.25) is 4.90 Å². The van der Waals surface area contributed by atoms with Crippen molar-refractivity contribution in [3.05, 3.63) is 28.2 Å². The SMILES string of the molecule is COc1ccc(Br)cc1CN1CCC[C@@H](CO)C1. The summed E-state index contributed by atoms with van der Waals surface area (Å²) in [5, 5.41) is 9.26. The molecule has 1 fully saturated rings. The van der Waals surface area contributed by atoms with Crippen LogP contribution in [0.5, 0.6) is 5.75 Å². The Bertz CT molecular complexity index is 397. The smallest absolute Gasteiger partial charge is 0.123 e. The van der Waals surface area contributed by atoms with E-state index in [1.165, 1.54) is 12.0 Å². The molecule has 0 amide bonds. The third-order valence-corrected chi connectivity index (χ3v) is 3.99. The molecule has 0 radical (unpaired) electrons. The van der Waals surface area contributed by atoms with Gasteiger partial charge in [0.2, 0.25) is 0 Å². The number of hydrogen-bond donors (Lipinski definition) is 1. The molecule has 100 valence electrons. The number of benzene rings is 1. The average Bonchev–Trinajstić information content (AvgIpc) is 2.39. The summed E-state index contributed by atoms with van der Waals surface area (Å²) >= 11 is 3.50. The van der Waals surface area contributed by atoms with Crippen LogP contribution in [-0.2, 0) is 6.54 Å². The van der Waals surface area contributed by atoms with Gasteiger partial charge in [0.05, 0.1) is 7.11 Å². The van der Waals surface area contributed by atoms with Gasteiger partial charge in [-0.05, 0) is 43.5 Å². The molecule has 1 aliphatic rings. The second-order valence-electron chi connectivity index (χ2n) is 4.88. The molecule has 0 bridgehead atoms. The maximum atomic E-state index is 9.26. The molecule has 0 spiro atoms. The highest BCUT2D eigenvalue weighted by atomic mass is 79.9. The zero-order valence-electron chi connectivity index (χ0n) is 10.7. The van der Waals surface area contributed by atoms with E-state index in [0.29, 0.717) is 12.5 Å². The number of nitrogens with zero attached hydrogens (tertiary/aromatic N) is 1. The van der Waals surface area contributed by atoms with Crippen molar-refractivity contribution in [3.63, 3.8) is 0 Å². The fraction of sp³-hybridized carbons (Fsp3) is 0.571. The van der Waals surface area contributed by atoms with Gasteiger partial charge >= 0.3 is 0 Å². The first-order chi connectivity index (χ1) is 8.72. The van der Waals surface area contributed by atoms with Gasteiger partial charge in [0.15, 0.2) is 0 Å². The number of ether oxygens (including phenoxy) is 1. The minimum atomic E-state index is 0.298. The van der Waals surface area contributed by atoms with E-state index in [9.17, 15) is 5.11 Å². The zero-order valence-corrected chi connectivity index (χ0v) is 12.3. The Kier molecular flexibility index (Phi) is 5.03. The summed E-state index contributed by atoms with van der Waals surface area (Å²) in [6.07, 6.45) is 2.31. The third-order valence-electron chi connectivity index (χ3n) is 3.50. The number of piperidine rings is 1. The van der Waals surface area contributed by atoms with Crippen LogP contribution in [0, 0.1) is 5.92 Å². The summed E-state index contributed by atoms with van der Waals surface area (Å²) in [6, 6.07) is 6.10. The lowest BCUT2D eigenvalue weighted by Gasteiger charge is -2.32. The summed E-state index contributed by atoms with van der Waals surface area (Å²) in [5.41, 5.74) is 1.20. The lowest BCUT2D eigenvalue weighted by atomic mass is 9.98. The zero-order chi connectivity index (χ0) is 13.0. The number of rotatable bonds is 4. The summed E-state index contributed by atoms with van der Waals surface area (Å²) in [6.45, 7) is 3.27. The van der Waals surface area contributed by atoms with Gasteiger partial charge in [0.1, 0.15) is 5.75 Å². The van der Waals surface area contributed by atoms with Crippen LogP contribution in [0.25, 0.3) is 0 Å². The molecular weight excluding hydrogens is 294 g/mol. The molecule has 1 aliphatic heterocycles. The number of halogens is 1. The van der Waals surface area contributed by atoms with Crippen molar-refractivity contribution in [2.45, 2.75) is 19.4 Å². The molecule has 0 saturated carbocycles. The highest BCUT2D eigenvalue weighted by molar-refractivity contribution is 9.10. The molecule has 18 heavy (non-hydrogen) atoms. The van der Waals surface area contributed by atoms with Crippen molar-refractivity contribution in [2.24, 2.45) is 5.92 Å². The standard InChI is InChI=1S/C14H20BrNO2/c1-18-14-5-4-13(15)7-12(14)9-16-6-2-3-11(8-16)10-17/h4-5,7,11,17H,2-3,6,8-10H2,1H3/t11-/m1/s1. The van der Waals surface area contributed by atoms with Gasteiger partial charge in [-0.1, -0.05) is 15.9 Å². The first-order valence-electron chi connectivity index (χ1n) is 6.38. The molecule has 3 nitrogen and oxygen atoms in total. The van der Waals surface area contributed by atoms with Gasteiger partial charge < -0.3 is 9.84 Å². The molecule has 0 aromatic heterocycles. The average molecular weight is 314 g/mol. The van der Waals surface area contributed by atoms with Crippen molar-refractivity contribution in [1.29, 1.82) is 0 Å². The molecule has 1 aromatic carbocycles. The van der Waals surface area contributed by atoms with Crippen LogP contribution in [-0.4, -0.2) is 36.8 Å². The number of hydrogen-bond acceptors (Lipinski definition) is 3. The monoisotopic (exact) mass is 313 g/mol. The Morgan fingerprint density at radius 1 is 1.50 bits per heavy atom. The number of aliphatic hydroxyl groups is 1.